The van der Waals surface area contributed by atoms with Gasteiger partial charge in [-0.2, -0.15) is 13.2 Å². The molecule has 4 rings (SSSR count). The molecule has 0 atom stereocenters. The molecule has 1 N–H and O–H groups in total. The fourth-order valence-corrected chi connectivity index (χ4v) is 3.48. The van der Waals surface area contributed by atoms with E-state index in [1.54, 1.807) is 11.1 Å². The van der Waals surface area contributed by atoms with Gasteiger partial charge in [-0.15, -0.1) is 0 Å². The zero-order valence-electron chi connectivity index (χ0n) is 14.2. The van der Waals surface area contributed by atoms with E-state index in [2.05, 4.69) is 19.9 Å². The third-order valence-corrected chi connectivity index (χ3v) is 4.86. The standard InChI is InChI=1S/C18H16F3N5O/c19-18(20,21)17-24-8-12(9-25-17)16(27)26-6-3-11(4-7-26)14-10-23-15-13(14)2-1-5-22-15/h1-2,5,8-11H,3-4,6-7H2,(H,22,23). The fourth-order valence-electron chi connectivity index (χ4n) is 3.48. The van der Waals surface area contributed by atoms with Gasteiger partial charge in [0, 0.05) is 43.3 Å². The number of amides is 1. The molecule has 1 amide bonds. The lowest BCUT2D eigenvalue weighted by Gasteiger charge is -2.32. The number of piperidine rings is 1. The molecule has 27 heavy (non-hydrogen) atoms. The number of alkyl halides is 3. The van der Waals surface area contributed by atoms with Gasteiger partial charge in [0.05, 0.1) is 5.56 Å². The summed E-state index contributed by atoms with van der Waals surface area (Å²) in [6, 6.07) is 3.91. The predicted octanol–water partition coefficient (Wildman–Crippen LogP) is 3.39. The Hall–Kier alpha value is -2.97. The second-order valence-electron chi connectivity index (χ2n) is 6.50. The maximum Gasteiger partial charge on any atom is 0.451 e. The monoisotopic (exact) mass is 375 g/mol. The largest absolute Gasteiger partial charge is 0.451 e. The first-order chi connectivity index (χ1) is 12.9. The Kier molecular flexibility index (Phi) is 4.29. The van der Waals surface area contributed by atoms with Crippen LogP contribution in [0.3, 0.4) is 0 Å². The molecule has 0 aromatic carbocycles. The summed E-state index contributed by atoms with van der Waals surface area (Å²) in [5.41, 5.74) is 2.09. The van der Waals surface area contributed by atoms with Gasteiger partial charge >= 0.3 is 6.18 Å². The highest BCUT2D eigenvalue weighted by molar-refractivity contribution is 5.93. The lowest BCUT2D eigenvalue weighted by atomic mass is 9.89. The minimum absolute atomic E-state index is 0.0674. The zero-order chi connectivity index (χ0) is 19.0. The molecule has 0 bridgehead atoms. The molecule has 0 spiro atoms. The number of carbonyl (C=O) groups is 1. The second kappa shape index (κ2) is 6.64. The number of fused-ring (bicyclic) bond motifs is 1. The lowest BCUT2D eigenvalue weighted by Crippen LogP contribution is -2.38. The summed E-state index contributed by atoms with van der Waals surface area (Å²) in [5, 5.41) is 1.08. The summed E-state index contributed by atoms with van der Waals surface area (Å²) in [4.78, 5) is 28.1. The van der Waals surface area contributed by atoms with Crippen LogP contribution in [0.25, 0.3) is 11.0 Å². The van der Waals surface area contributed by atoms with E-state index in [9.17, 15) is 18.0 Å². The number of carbonyl (C=O) groups excluding carboxylic acids is 1. The summed E-state index contributed by atoms with van der Waals surface area (Å²) in [6.45, 7) is 1.05. The highest BCUT2D eigenvalue weighted by atomic mass is 19.4. The normalized spacial score (nSPS) is 16.0. The molecule has 0 aliphatic carbocycles. The Morgan fingerprint density at radius 1 is 1.15 bits per heavy atom. The maximum atomic E-state index is 12.5. The van der Waals surface area contributed by atoms with Crippen molar-refractivity contribution in [3.05, 3.63) is 53.9 Å². The average molecular weight is 375 g/mol. The van der Waals surface area contributed by atoms with Crippen LogP contribution in [0.1, 0.15) is 40.5 Å². The maximum absolute atomic E-state index is 12.5. The molecule has 1 aliphatic heterocycles. The molecule has 3 aromatic rings. The number of nitrogens with zero attached hydrogens (tertiary/aromatic N) is 4. The van der Waals surface area contributed by atoms with Crippen LogP contribution in [-0.2, 0) is 6.18 Å². The van der Waals surface area contributed by atoms with Gasteiger partial charge in [-0.25, -0.2) is 15.0 Å². The molecular formula is C18H16F3N5O. The van der Waals surface area contributed by atoms with Crippen molar-refractivity contribution < 1.29 is 18.0 Å². The van der Waals surface area contributed by atoms with Crippen LogP contribution in [0.15, 0.2) is 36.9 Å². The van der Waals surface area contributed by atoms with Crippen molar-refractivity contribution >= 4 is 16.9 Å². The van der Waals surface area contributed by atoms with Crippen molar-refractivity contribution in [3.63, 3.8) is 0 Å². The SMILES string of the molecule is O=C(c1cnc(C(F)(F)F)nc1)N1CCC(c2c[nH]c3ncccc23)CC1. The molecule has 1 saturated heterocycles. The van der Waals surface area contributed by atoms with Gasteiger partial charge in [-0.1, -0.05) is 0 Å². The third kappa shape index (κ3) is 3.36. The molecule has 0 unspecified atom stereocenters. The van der Waals surface area contributed by atoms with Crippen molar-refractivity contribution in [1.82, 2.24) is 24.8 Å². The number of aromatic nitrogens is 4. The Morgan fingerprint density at radius 3 is 2.52 bits per heavy atom. The van der Waals surface area contributed by atoms with Crippen LogP contribution >= 0.6 is 0 Å². The second-order valence-corrected chi connectivity index (χ2v) is 6.50. The average Bonchev–Trinajstić information content (AvgIpc) is 3.11. The van der Waals surface area contributed by atoms with Gasteiger partial charge in [0.2, 0.25) is 5.82 Å². The molecule has 140 valence electrons. The zero-order valence-corrected chi connectivity index (χ0v) is 14.2. The molecule has 3 aromatic heterocycles. The quantitative estimate of drug-likeness (QED) is 0.745. The lowest BCUT2D eigenvalue weighted by molar-refractivity contribution is -0.145. The topological polar surface area (TPSA) is 74.8 Å². The molecule has 0 saturated carbocycles. The fraction of sp³-hybridized carbons (Fsp3) is 0.333. The van der Waals surface area contributed by atoms with Crippen molar-refractivity contribution in [2.45, 2.75) is 24.9 Å². The number of pyridine rings is 1. The van der Waals surface area contributed by atoms with E-state index in [-0.39, 0.29) is 11.5 Å². The first-order valence-corrected chi connectivity index (χ1v) is 8.54. The number of aromatic amines is 1. The Balaban J connectivity index is 1.43. The van der Waals surface area contributed by atoms with Gasteiger partial charge in [0.1, 0.15) is 5.65 Å². The van der Waals surface area contributed by atoms with Crippen molar-refractivity contribution in [2.75, 3.05) is 13.1 Å². The number of hydrogen-bond donors (Lipinski definition) is 1. The van der Waals surface area contributed by atoms with Crippen molar-refractivity contribution in [3.8, 4) is 0 Å². The van der Waals surface area contributed by atoms with E-state index in [0.29, 0.717) is 19.0 Å². The van der Waals surface area contributed by atoms with E-state index in [0.717, 1.165) is 36.3 Å². The molecular weight excluding hydrogens is 359 g/mol. The number of halogens is 3. The summed E-state index contributed by atoms with van der Waals surface area (Å²) >= 11 is 0. The molecule has 4 heterocycles. The highest BCUT2D eigenvalue weighted by Gasteiger charge is 2.35. The van der Waals surface area contributed by atoms with E-state index in [4.69, 9.17) is 0 Å². The van der Waals surface area contributed by atoms with Crippen LogP contribution in [0.5, 0.6) is 0 Å². The smallest absolute Gasteiger partial charge is 0.346 e. The molecule has 9 heteroatoms. The van der Waals surface area contributed by atoms with Crippen molar-refractivity contribution in [2.24, 2.45) is 0 Å². The van der Waals surface area contributed by atoms with Crippen LogP contribution in [0.2, 0.25) is 0 Å². The first-order valence-electron chi connectivity index (χ1n) is 8.54. The van der Waals surface area contributed by atoms with Crippen molar-refractivity contribution in [1.29, 1.82) is 0 Å². The third-order valence-electron chi connectivity index (χ3n) is 4.86. The number of hydrogen-bond acceptors (Lipinski definition) is 4. The van der Waals surface area contributed by atoms with Gasteiger partial charge in [0.25, 0.3) is 5.91 Å². The molecule has 6 nitrogen and oxygen atoms in total. The van der Waals surface area contributed by atoms with E-state index in [1.165, 1.54) is 5.56 Å². The summed E-state index contributed by atoms with van der Waals surface area (Å²) < 4.78 is 37.6. The van der Waals surface area contributed by atoms with Gasteiger partial charge in [-0.05, 0) is 36.5 Å². The Bertz CT molecular complexity index is 959. The van der Waals surface area contributed by atoms with E-state index in [1.807, 2.05) is 18.3 Å². The summed E-state index contributed by atoms with van der Waals surface area (Å²) in [7, 11) is 0. The Labute approximate surface area is 152 Å². The highest BCUT2D eigenvalue weighted by Crippen LogP contribution is 2.33. The van der Waals surface area contributed by atoms with Gasteiger partial charge in [-0.3, -0.25) is 4.79 Å². The van der Waals surface area contributed by atoms with Crippen LogP contribution < -0.4 is 0 Å². The van der Waals surface area contributed by atoms with E-state index < -0.39 is 12.0 Å². The molecule has 1 fully saturated rings. The first kappa shape index (κ1) is 17.4. The minimum atomic E-state index is -4.62. The van der Waals surface area contributed by atoms with Crippen LogP contribution in [0.4, 0.5) is 13.2 Å². The number of likely N-dealkylation sites (tertiary alicyclic amines) is 1. The van der Waals surface area contributed by atoms with Crippen LogP contribution in [0, 0.1) is 0 Å². The molecule has 0 radical (unpaired) electrons. The number of nitrogens with one attached hydrogen (secondary N) is 1. The minimum Gasteiger partial charge on any atom is -0.346 e. The predicted molar refractivity (Wildman–Crippen MR) is 91.0 cm³/mol. The Morgan fingerprint density at radius 2 is 1.85 bits per heavy atom. The van der Waals surface area contributed by atoms with E-state index >= 15 is 0 Å². The van der Waals surface area contributed by atoms with Gasteiger partial charge < -0.3 is 9.88 Å². The summed E-state index contributed by atoms with van der Waals surface area (Å²) in [5.74, 6) is -1.29. The summed E-state index contributed by atoms with van der Waals surface area (Å²) in [6.07, 6.45) is 2.50. The molecule has 1 aliphatic rings. The number of rotatable bonds is 2. The number of H-pyrrole nitrogens is 1. The van der Waals surface area contributed by atoms with Gasteiger partial charge in [0.15, 0.2) is 0 Å². The van der Waals surface area contributed by atoms with Crippen LogP contribution in [-0.4, -0.2) is 43.8 Å².